The number of aldehydes is 1. The third-order valence-electron chi connectivity index (χ3n) is 1.78. The van der Waals surface area contributed by atoms with Crippen LogP contribution < -0.4 is 0 Å². The van der Waals surface area contributed by atoms with Gasteiger partial charge in [-0.05, 0) is 24.3 Å². The van der Waals surface area contributed by atoms with Crippen molar-refractivity contribution in [2.75, 3.05) is 0 Å². The molecule has 14 heavy (non-hydrogen) atoms. The Bertz CT molecular complexity index is 447. The molecule has 3 nitrogen and oxygen atoms in total. The fraction of sp³-hybridized carbons (Fsp3) is 0. The Kier molecular flexibility index (Phi) is 2.10. The van der Waals surface area contributed by atoms with Gasteiger partial charge in [0.05, 0.1) is 0 Å². The van der Waals surface area contributed by atoms with Gasteiger partial charge in [-0.2, -0.15) is 0 Å². The van der Waals surface area contributed by atoms with Gasteiger partial charge < -0.3 is 4.52 Å². The fourth-order valence-corrected chi connectivity index (χ4v) is 1.10. The van der Waals surface area contributed by atoms with Crippen LogP contribution in [0, 0.1) is 5.82 Å². The Morgan fingerprint density at radius 3 is 2.57 bits per heavy atom. The molecule has 0 amide bonds. The van der Waals surface area contributed by atoms with Crippen LogP contribution in [0.4, 0.5) is 4.39 Å². The van der Waals surface area contributed by atoms with Crippen LogP contribution in [0.15, 0.2) is 34.9 Å². The lowest BCUT2D eigenvalue weighted by Gasteiger charge is -1.93. The molecule has 0 radical (unpaired) electrons. The Balaban J connectivity index is 2.39. The Morgan fingerprint density at radius 2 is 2.00 bits per heavy atom. The Hall–Kier alpha value is -1.97. The number of rotatable bonds is 2. The van der Waals surface area contributed by atoms with Gasteiger partial charge in [-0.1, -0.05) is 5.16 Å². The van der Waals surface area contributed by atoms with E-state index >= 15 is 0 Å². The zero-order chi connectivity index (χ0) is 9.97. The van der Waals surface area contributed by atoms with Gasteiger partial charge >= 0.3 is 0 Å². The molecule has 1 aromatic carbocycles. The second kappa shape index (κ2) is 3.41. The van der Waals surface area contributed by atoms with Crippen molar-refractivity contribution in [2.45, 2.75) is 0 Å². The molecule has 0 spiro atoms. The van der Waals surface area contributed by atoms with Crippen molar-refractivity contribution in [2.24, 2.45) is 0 Å². The summed E-state index contributed by atoms with van der Waals surface area (Å²) in [5.74, 6) is -0.155. The van der Waals surface area contributed by atoms with Crippen LogP contribution in [0.25, 0.3) is 11.3 Å². The van der Waals surface area contributed by atoms with Crippen molar-refractivity contribution >= 4 is 6.29 Å². The predicted octanol–water partition coefficient (Wildman–Crippen LogP) is 2.29. The van der Waals surface area contributed by atoms with Gasteiger partial charge in [-0.25, -0.2) is 4.39 Å². The Labute approximate surface area is 79.1 Å². The lowest BCUT2D eigenvalue weighted by molar-refractivity contribution is 0.109. The van der Waals surface area contributed by atoms with Crippen LogP contribution in [0.2, 0.25) is 0 Å². The summed E-state index contributed by atoms with van der Waals surface area (Å²) >= 11 is 0. The summed E-state index contributed by atoms with van der Waals surface area (Å²) in [5, 5.41) is 3.66. The van der Waals surface area contributed by atoms with E-state index in [1.807, 2.05) is 0 Å². The summed E-state index contributed by atoms with van der Waals surface area (Å²) in [6.07, 6.45) is 0.569. The minimum absolute atomic E-state index is 0.157. The first-order valence-electron chi connectivity index (χ1n) is 3.97. The van der Waals surface area contributed by atoms with E-state index in [1.165, 1.54) is 18.2 Å². The average molecular weight is 191 g/mol. The molecule has 1 heterocycles. The second-order valence-electron chi connectivity index (χ2n) is 2.74. The summed E-state index contributed by atoms with van der Waals surface area (Å²) in [4.78, 5) is 10.3. The van der Waals surface area contributed by atoms with E-state index in [0.717, 1.165) is 0 Å². The largest absolute Gasteiger partial charge is 0.353 e. The Morgan fingerprint density at radius 1 is 1.29 bits per heavy atom. The highest BCUT2D eigenvalue weighted by molar-refractivity contribution is 5.73. The van der Waals surface area contributed by atoms with Crippen LogP contribution in [0.3, 0.4) is 0 Å². The standard InChI is InChI=1S/C10H6FNO2/c11-8-3-1-7(2-4-8)10-5-9(6-13)14-12-10/h1-6H. The van der Waals surface area contributed by atoms with E-state index in [2.05, 4.69) is 9.68 Å². The lowest BCUT2D eigenvalue weighted by atomic mass is 10.1. The zero-order valence-corrected chi connectivity index (χ0v) is 7.11. The van der Waals surface area contributed by atoms with E-state index in [1.54, 1.807) is 12.1 Å². The number of halogens is 1. The SMILES string of the molecule is O=Cc1cc(-c2ccc(F)cc2)no1. The van der Waals surface area contributed by atoms with Gasteiger partial charge in [-0.15, -0.1) is 0 Å². The summed E-state index contributed by atoms with van der Waals surface area (Å²) in [6.45, 7) is 0. The van der Waals surface area contributed by atoms with Gasteiger partial charge in [0.1, 0.15) is 11.5 Å². The minimum Gasteiger partial charge on any atom is -0.353 e. The van der Waals surface area contributed by atoms with E-state index in [0.29, 0.717) is 17.5 Å². The average Bonchev–Trinajstić information content (AvgIpc) is 2.67. The quantitative estimate of drug-likeness (QED) is 0.684. The van der Waals surface area contributed by atoms with Crippen molar-refractivity contribution in [1.82, 2.24) is 5.16 Å². The highest BCUT2D eigenvalue weighted by Crippen LogP contribution is 2.18. The molecule has 1 aromatic heterocycles. The monoisotopic (exact) mass is 191 g/mol. The van der Waals surface area contributed by atoms with Crippen molar-refractivity contribution < 1.29 is 13.7 Å². The topological polar surface area (TPSA) is 43.1 Å². The van der Waals surface area contributed by atoms with Gasteiger partial charge in [0.2, 0.25) is 0 Å². The van der Waals surface area contributed by atoms with Crippen molar-refractivity contribution in [1.29, 1.82) is 0 Å². The smallest absolute Gasteiger partial charge is 0.199 e. The number of hydrogen-bond acceptors (Lipinski definition) is 3. The number of aromatic nitrogens is 1. The van der Waals surface area contributed by atoms with Gasteiger partial charge in [-0.3, -0.25) is 4.79 Å². The number of hydrogen-bond donors (Lipinski definition) is 0. The maximum absolute atomic E-state index is 12.6. The van der Waals surface area contributed by atoms with Crippen LogP contribution >= 0.6 is 0 Å². The third kappa shape index (κ3) is 1.54. The first-order chi connectivity index (χ1) is 6.79. The third-order valence-corrected chi connectivity index (χ3v) is 1.78. The molecule has 0 saturated carbocycles. The van der Waals surface area contributed by atoms with E-state index < -0.39 is 0 Å². The molecule has 0 N–H and O–H groups in total. The summed E-state index contributed by atoms with van der Waals surface area (Å²) < 4.78 is 17.3. The number of carbonyl (C=O) groups excluding carboxylic acids is 1. The highest BCUT2D eigenvalue weighted by Gasteiger charge is 2.04. The van der Waals surface area contributed by atoms with Gasteiger partial charge in [0.25, 0.3) is 0 Å². The molecule has 70 valence electrons. The van der Waals surface area contributed by atoms with Gasteiger partial charge in [0, 0.05) is 11.6 Å². The van der Waals surface area contributed by atoms with Crippen molar-refractivity contribution in [3.63, 3.8) is 0 Å². The molecular weight excluding hydrogens is 185 g/mol. The van der Waals surface area contributed by atoms with Crippen LogP contribution in [-0.4, -0.2) is 11.4 Å². The molecule has 2 rings (SSSR count). The predicted molar refractivity (Wildman–Crippen MR) is 47.3 cm³/mol. The number of benzene rings is 1. The lowest BCUT2D eigenvalue weighted by Crippen LogP contribution is -1.77. The molecule has 0 saturated heterocycles. The maximum Gasteiger partial charge on any atom is 0.199 e. The molecule has 0 aliphatic heterocycles. The minimum atomic E-state index is -0.312. The fourth-order valence-electron chi connectivity index (χ4n) is 1.10. The molecule has 4 heteroatoms. The van der Waals surface area contributed by atoms with E-state index in [4.69, 9.17) is 0 Å². The number of carbonyl (C=O) groups is 1. The summed E-state index contributed by atoms with van der Waals surface area (Å²) in [5.41, 5.74) is 1.23. The molecular formula is C10H6FNO2. The highest BCUT2D eigenvalue weighted by atomic mass is 19.1. The van der Waals surface area contributed by atoms with Crippen LogP contribution in [-0.2, 0) is 0 Å². The van der Waals surface area contributed by atoms with Crippen LogP contribution in [0.1, 0.15) is 10.6 Å². The molecule has 0 unspecified atom stereocenters. The summed E-state index contributed by atoms with van der Waals surface area (Å²) in [7, 11) is 0. The maximum atomic E-state index is 12.6. The van der Waals surface area contributed by atoms with Crippen molar-refractivity contribution in [3.05, 3.63) is 41.9 Å². The van der Waals surface area contributed by atoms with E-state index in [9.17, 15) is 9.18 Å². The molecule has 0 bridgehead atoms. The summed E-state index contributed by atoms with van der Waals surface area (Å²) in [6, 6.07) is 7.29. The van der Waals surface area contributed by atoms with E-state index in [-0.39, 0.29) is 11.6 Å². The molecule has 0 aliphatic carbocycles. The van der Waals surface area contributed by atoms with Crippen molar-refractivity contribution in [3.8, 4) is 11.3 Å². The molecule has 0 atom stereocenters. The molecule has 0 fully saturated rings. The zero-order valence-electron chi connectivity index (χ0n) is 7.11. The first-order valence-corrected chi connectivity index (χ1v) is 3.97. The van der Waals surface area contributed by atoms with Gasteiger partial charge in [0.15, 0.2) is 12.0 Å². The second-order valence-corrected chi connectivity index (χ2v) is 2.74. The van der Waals surface area contributed by atoms with Crippen LogP contribution in [0.5, 0.6) is 0 Å². The molecule has 2 aromatic rings. The number of nitrogens with zero attached hydrogens (tertiary/aromatic N) is 1. The first kappa shape index (κ1) is 8.62. The molecule has 0 aliphatic rings. The normalized spacial score (nSPS) is 10.1.